The Morgan fingerprint density at radius 1 is 1.00 bits per heavy atom. The first-order valence-electron chi connectivity index (χ1n) is 9.38. The van der Waals surface area contributed by atoms with Crippen molar-refractivity contribution in [1.82, 2.24) is 19.7 Å². The molecule has 1 aromatic rings. The van der Waals surface area contributed by atoms with Gasteiger partial charge < -0.3 is 4.90 Å². The molecule has 0 bridgehead atoms. The SMILES string of the molecule is O=C1CCCN1CCCN1C(=O)[C@H]2CN(Cc3ccncc3)C[C@H]2C1=O. The summed E-state index contributed by atoms with van der Waals surface area (Å²) in [5.74, 6) is -0.307. The predicted molar refractivity (Wildman–Crippen MR) is 93.6 cm³/mol. The highest BCUT2D eigenvalue weighted by molar-refractivity contribution is 6.05. The second kappa shape index (κ2) is 7.15. The van der Waals surface area contributed by atoms with Gasteiger partial charge in [-0.25, -0.2) is 0 Å². The van der Waals surface area contributed by atoms with Gasteiger partial charge in [0.05, 0.1) is 11.8 Å². The normalized spacial score (nSPS) is 26.2. The van der Waals surface area contributed by atoms with Crippen molar-refractivity contribution in [3.8, 4) is 0 Å². The van der Waals surface area contributed by atoms with Crippen molar-refractivity contribution in [2.45, 2.75) is 25.8 Å². The Hall–Kier alpha value is -2.28. The van der Waals surface area contributed by atoms with Gasteiger partial charge in [-0.15, -0.1) is 0 Å². The summed E-state index contributed by atoms with van der Waals surface area (Å²) in [6.07, 6.45) is 5.73. The monoisotopic (exact) mass is 356 g/mol. The van der Waals surface area contributed by atoms with E-state index < -0.39 is 0 Å². The molecular formula is C19H24N4O3. The van der Waals surface area contributed by atoms with Crippen LogP contribution in [-0.2, 0) is 20.9 Å². The highest BCUT2D eigenvalue weighted by Crippen LogP contribution is 2.34. The van der Waals surface area contributed by atoms with Crippen LogP contribution in [0, 0.1) is 11.8 Å². The Labute approximate surface area is 153 Å². The highest BCUT2D eigenvalue weighted by Gasteiger charge is 2.51. The van der Waals surface area contributed by atoms with Gasteiger partial charge in [0, 0.05) is 58.1 Å². The van der Waals surface area contributed by atoms with Gasteiger partial charge in [0.15, 0.2) is 0 Å². The van der Waals surface area contributed by atoms with Crippen LogP contribution in [0.3, 0.4) is 0 Å². The number of pyridine rings is 1. The lowest BCUT2D eigenvalue weighted by molar-refractivity contribution is -0.140. The minimum Gasteiger partial charge on any atom is -0.343 e. The predicted octanol–water partition coefficient (Wildman–Crippen LogP) is 0.511. The molecule has 7 nitrogen and oxygen atoms in total. The molecular weight excluding hydrogens is 332 g/mol. The van der Waals surface area contributed by atoms with E-state index in [4.69, 9.17) is 0 Å². The van der Waals surface area contributed by atoms with Gasteiger partial charge in [0.25, 0.3) is 0 Å². The van der Waals surface area contributed by atoms with Crippen LogP contribution in [0.5, 0.6) is 0 Å². The zero-order valence-corrected chi connectivity index (χ0v) is 14.8. The van der Waals surface area contributed by atoms with E-state index in [1.54, 1.807) is 12.4 Å². The Morgan fingerprint density at radius 2 is 1.69 bits per heavy atom. The number of amides is 3. The van der Waals surface area contributed by atoms with Crippen molar-refractivity contribution in [3.05, 3.63) is 30.1 Å². The fourth-order valence-electron chi connectivity index (χ4n) is 4.35. The van der Waals surface area contributed by atoms with Gasteiger partial charge in [-0.1, -0.05) is 0 Å². The van der Waals surface area contributed by atoms with Crippen LogP contribution >= 0.6 is 0 Å². The van der Waals surface area contributed by atoms with E-state index in [9.17, 15) is 14.4 Å². The number of aromatic nitrogens is 1. The fraction of sp³-hybridized carbons (Fsp3) is 0.579. The van der Waals surface area contributed by atoms with Crippen LogP contribution in [0.25, 0.3) is 0 Å². The van der Waals surface area contributed by atoms with Crippen LogP contribution in [0.1, 0.15) is 24.8 Å². The molecule has 0 aliphatic carbocycles. The second-order valence-electron chi connectivity index (χ2n) is 7.43. The van der Waals surface area contributed by atoms with E-state index in [2.05, 4.69) is 9.88 Å². The molecule has 0 aromatic carbocycles. The Kier molecular flexibility index (Phi) is 4.72. The Balaban J connectivity index is 1.30. The van der Waals surface area contributed by atoms with Gasteiger partial charge >= 0.3 is 0 Å². The number of hydrogen-bond donors (Lipinski definition) is 0. The van der Waals surface area contributed by atoms with E-state index in [-0.39, 0.29) is 29.6 Å². The van der Waals surface area contributed by atoms with Gasteiger partial charge in [-0.05, 0) is 30.5 Å². The molecule has 0 saturated carbocycles. The molecule has 3 amide bonds. The zero-order chi connectivity index (χ0) is 18.1. The van der Waals surface area contributed by atoms with Gasteiger partial charge in [-0.3, -0.25) is 29.2 Å². The average molecular weight is 356 g/mol. The number of fused-ring (bicyclic) bond motifs is 1. The summed E-state index contributed by atoms with van der Waals surface area (Å²) in [4.78, 5) is 46.5. The molecule has 4 rings (SSSR count). The van der Waals surface area contributed by atoms with Crippen molar-refractivity contribution < 1.29 is 14.4 Å². The molecule has 26 heavy (non-hydrogen) atoms. The minimum absolute atomic E-state index is 0.0371. The molecule has 0 spiro atoms. The van der Waals surface area contributed by atoms with Crippen molar-refractivity contribution in [2.75, 3.05) is 32.7 Å². The molecule has 3 aliphatic heterocycles. The molecule has 2 atom stereocenters. The highest BCUT2D eigenvalue weighted by atomic mass is 16.2. The first-order chi connectivity index (χ1) is 12.6. The molecule has 3 saturated heterocycles. The first kappa shape index (κ1) is 17.1. The van der Waals surface area contributed by atoms with Crippen LogP contribution in [0.4, 0.5) is 0 Å². The third-order valence-corrected chi connectivity index (χ3v) is 5.70. The summed E-state index contributed by atoms with van der Waals surface area (Å²) in [6, 6.07) is 3.92. The molecule has 1 aromatic heterocycles. The van der Waals surface area contributed by atoms with Crippen molar-refractivity contribution in [1.29, 1.82) is 0 Å². The topological polar surface area (TPSA) is 73.8 Å². The largest absolute Gasteiger partial charge is 0.343 e. The zero-order valence-electron chi connectivity index (χ0n) is 14.8. The number of carbonyl (C=O) groups excluding carboxylic acids is 3. The Bertz CT molecular complexity index is 684. The number of hydrogen-bond acceptors (Lipinski definition) is 5. The third-order valence-electron chi connectivity index (χ3n) is 5.70. The van der Waals surface area contributed by atoms with E-state index in [0.717, 1.165) is 25.1 Å². The second-order valence-corrected chi connectivity index (χ2v) is 7.43. The Morgan fingerprint density at radius 3 is 2.31 bits per heavy atom. The molecule has 7 heteroatoms. The molecule has 0 radical (unpaired) electrons. The maximum Gasteiger partial charge on any atom is 0.234 e. The van der Waals surface area contributed by atoms with Crippen molar-refractivity contribution in [3.63, 3.8) is 0 Å². The molecule has 3 aliphatic rings. The first-order valence-corrected chi connectivity index (χ1v) is 9.38. The van der Waals surface area contributed by atoms with E-state index in [1.807, 2.05) is 17.0 Å². The van der Waals surface area contributed by atoms with Gasteiger partial charge in [-0.2, -0.15) is 0 Å². The third kappa shape index (κ3) is 3.23. The van der Waals surface area contributed by atoms with E-state index in [0.29, 0.717) is 39.0 Å². The summed E-state index contributed by atoms with van der Waals surface area (Å²) in [5.41, 5.74) is 1.15. The maximum atomic E-state index is 12.7. The summed E-state index contributed by atoms with van der Waals surface area (Å²) in [6.45, 7) is 3.89. The summed E-state index contributed by atoms with van der Waals surface area (Å²) in [7, 11) is 0. The van der Waals surface area contributed by atoms with Crippen molar-refractivity contribution >= 4 is 17.7 Å². The standard InChI is InChI=1S/C19H24N4O3/c24-17-3-1-8-22(17)9-2-10-23-18(25)15-12-21(13-16(15)19(23)26)11-14-4-6-20-7-5-14/h4-7,15-16H,1-3,8-13H2/t15-,16+. The summed E-state index contributed by atoms with van der Waals surface area (Å²) >= 11 is 0. The van der Waals surface area contributed by atoms with Crippen LogP contribution in [0.15, 0.2) is 24.5 Å². The van der Waals surface area contributed by atoms with E-state index in [1.165, 1.54) is 4.90 Å². The quantitative estimate of drug-likeness (QED) is 0.695. The van der Waals surface area contributed by atoms with Crippen LogP contribution in [-0.4, -0.2) is 70.1 Å². The van der Waals surface area contributed by atoms with Gasteiger partial charge in [0.1, 0.15) is 0 Å². The van der Waals surface area contributed by atoms with E-state index >= 15 is 0 Å². The minimum atomic E-state index is -0.210. The molecule has 138 valence electrons. The number of imide groups is 1. The van der Waals surface area contributed by atoms with Crippen LogP contribution < -0.4 is 0 Å². The fourth-order valence-corrected chi connectivity index (χ4v) is 4.35. The summed E-state index contributed by atoms with van der Waals surface area (Å²) < 4.78 is 0. The maximum absolute atomic E-state index is 12.7. The van der Waals surface area contributed by atoms with Crippen LogP contribution in [0.2, 0.25) is 0 Å². The number of likely N-dealkylation sites (tertiary alicyclic amines) is 3. The molecule has 3 fully saturated rings. The smallest absolute Gasteiger partial charge is 0.234 e. The lowest BCUT2D eigenvalue weighted by atomic mass is 10.00. The molecule has 0 N–H and O–H groups in total. The average Bonchev–Trinajstić information content (AvgIpc) is 3.29. The molecule has 0 unspecified atom stereocenters. The number of carbonyl (C=O) groups is 3. The van der Waals surface area contributed by atoms with Gasteiger partial charge in [0.2, 0.25) is 17.7 Å². The summed E-state index contributed by atoms with van der Waals surface area (Å²) in [5, 5.41) is 0. The lowest BCUT2D eigenvalue weighted by Crippen LogP contribution is -2.38. The number of rotatable bonds is 6. The van der Waals surface area contributed by atoms with Crippen molar-refractivity contribution in [2.24, 2.45) is 11.8 Å². The lowest BCUT2D eigenvalue weighted by Gasteiger charge is -2.22. The number of nitrogens with zero attached hydrogens (tertiary/aromatic N) is 4. The molecule has 4 heterocycles.